The first-order chi connectivity index (χ1) is 11.8. The Kier molecular flexibility index (Phi) is 5.79. The van der Waals surface area contributed by atoms with Gasteiger partial charge in [0.25, 0.3) is 11.6 Å². The number of carbonyl (C=O) groups excluding carboxylic acids is 2. The maximum absolute atomic E-state index is 11.9. The second-order valence-electron chi connectivity index (χ2n) is 4.78. The van der Waals surface area contributed by atoms with Gasteiger partial charge in [-0.05, 0) is 30.3 Å². The van der Waals surface area contributed by atoms with Gasteiger partial charge in [0.05, 0.1) is 20.5 Å². The first-order valence-electron chi connectivity index (χ1n) is 6.74. The molecule has 0 radical (unpaired) electrons. The molecule has 25 heavy (non-hydrogen) atoms. The van der Waals surface area contributed by atoms with E-state index in [-0.39, 0.29) is 16.3 Å². The van der Waals surface area contributed by atoms with Crippen molar-refractivity contribution in [1.82, 2.24) is 0 Å². The number of hydrogen-bond donors (Lipinski definition) is 2. The average molecular weight is 384 g/mol. The Morgan fingerprint density at radius 2 is 1.88 bits per heavy atom. The van der Waals surface area contributed by atoms with Gasteiger partial charge < -0.3 is 15.8 Å². The summed E-state index contributed by atoms with van der Waals surface area (Å²) >= 11 is 11.6. The number of halogens is 2. The van der Waals surface area contributed by atoms with E-state index in [1.165, 1.54) is 30.3 Å². The van der Waals surface area contributed by atoms with Crippen molar-refractivity contribution >= 4 is 52.1 Å². The molecule has 2 aromatic rings. The van der Waals surface area contributed by atoms with Crippen molar-refractivity contribution in [2.75, 3.05) is 17.7 Å². The lowest BCUT2D eigenvalue weighted by atomic mass is 10.2. The van der Waals surface area contributed by atoms with Crippen LogP contribution in [0.4, 0.5) is 17.1 Å². The standard InChI is InChI=1S/C15H11Cl2N3O5/c16-10-3-2-9(6-11(10)17)19-14(21)7-25-15(22)8-1-4-12(18)13(5-8)20(23)24/h1-6H,7,18H2,(H,19,21). The number of nitrogens with two attached hydrogens (primary N) is 1. The average Bonchev–Trinajstić information content (AvgIpc) is 2.56. The SMILES string of the molecule is Nc1ccc(C(=O)OCC(=O)Nc2ccc(Cl)c(Cl)c2)cc1[N+](=O)[O-]. The molecule has 2 rings (SSSR count). The maximum atomic E-state index is 11.9. The number of esters is 1. The van der Waals surface area contributed by atoms with Crippen LogP contribution in [-0.4, -0.2) is 23.4 Å². The molecule has 0 spiro atoms. The molecule has 0 heterocycles. The van der Waals surface area contributed by atoms with Crippen LogP contribution in [0.15, 0.2) is 36.4 Å². The van der Waals surface area contributed by atoms with Crippen LogP contribution in [0.1, 0.15) is 10.4 Å². The highest BCUT2D eigenvalue weighted by molar-refractivity contribution is 6.42. The van der Waals surface area contributed by atoms with Crippen LogP contribution >= 0.6 is 23.2 Å². The summed E-state index contributed by atoms with van der Waals surface area (Å²) in [5.41, 5.74) is 5.22. The van der Waals surface area contributed by atoms with Crippen molar-refractivity contribution in [1.29, 1.82) is 0 Å². The van der Waals surface area contributed by atoms with Crippen molar-refractivity contribution in [2.24, 2.45) is 0 Å². The number of ether oxygens (including phenoxy) is 1. The maximum Gasteiger partial charge on any atom is 0.338 e. The lowest BCUT2D eigenvalue weighted by Gasteiger charge is -2.08. The molecule has 10 heteroatoms. The van der Waals surface area contributed by atoms with Crippen LogP contribution in [0.25, 0.3) is 0 Å². The van der Waals surface area contributed by atoms with E-state index < -0.39 is 29.1 Å². The van der Waals surface area contributed by atoms with E-state index in [1.54, 1.807) is 0 Å². The number of nitro benzene ring substituents is 1. The number of nitro groups is 1. The predicted octanol–water partition coefficient (Wildman–Crippen LogP) is 3.28. The highest BCUT2D eigenvalue weighted by Gasteiger charge is 2.17. The van der Waals surface area contributed by atoms with Crippen LogP contribution in [0.2, 0.25) is 10.0 Å². The fourth-order valence-corrected chi connectivity index (χ4v) is 2.11. The van der Waals surface area contributed by atoms with E-state index in [1.807, 2.05) is 0 Å². The van der Waals surface area contributed by atoms with E-state index in [0.29, 0.717) is 10.7 Å². The van der Waals surface area contributed by atoms with E-state index in [4.69, 9.17) is 33.7 Å². The van der Waals surface area contributed by atoms with Gasteiger partial charge in [0.2, 0.25) is 0 Å². The number of rotatable bonds is 5. The molecule has 0 saturated heterocycles. The van der Waals surface area contributed by atoms with Crippen molar-refractivity contribution in [2.45, 2.75) is 0 Å². The molecule has 1 amide bonds. The number of nitrogens with zero attached hydrogens (tertiary/aromatic N) is 1. The van der Waals surface area contributed by atoms with Gasteiger partial charge in [-0.1, -0.05) is 23.2 Å². The second-order valence-corrected chi connectivity index (χ2v) is 5.60. The van der Waals surface area contributed by atoms with Gasteiger partial charge >= 0.3 is 5.97 Å². The number of anilines is 2. The Morgan fingerprint density at radius 1 is 1.16 bits per heavy atom. The van der Waals surface area contributed by atoms with Gasteiger partial charge in [-0.3, -0.25) is 14.9 Å². The topological polar surface area (TPSA) is 125 Å². The molecular weight excluding hydrogens is 373 g/mol. The zero-order chi connectivity index (χ0) is 18.6. The van der Waals surface area contributed by atoms with Crippen LogP contribution in [0.5, 0.6) is 0 Å². The molecule has 2 aromatic carbocycles. The van der Waals surface area contributed by atoms with Crippen LogP contribution in [0.3, 0.4) is 0 Å². The lowest BCUT2D eigenvalue weighted by Crippen LogP contribution is -2.21. The van der Waals surface area contributed by atoms with Crippen LogP contribution in [0, 0.1) is 10.1 Å². The summed E-state index contributed by atoms with van der Waals surface area (Å²) in [4.78, 5) is 33.8. The summed E-state index contributed by atoms with van der Waals surface area (Å²) < 4.78 is 4.82. The molecule has 3 N–H and O–H groups in total. The molecule has 0 unspecified atom stereocenters. The second kappa shape index (κ2) is 7.82. The van der Waals surface area contributed by atoms with E-state index >= 15 is 0 Å². The highest BCUT2D eigenvalue weighted by Crippen LogP contribution is 2.25. The predicted molar refractivity (Wildman–Crippen MR) is 92.9 cm³/mol. The minimum absolute atomic E-state index is 0.0843. The van der Waals surface area contributed by atoms with Gasteiger partial charge in [-0.2, -0.15) is 0 Å². The third-order valence-corrected chi connectivity index (χ3v) is 3.74. The largest absolute Gasteiger partial charge is 0.452 e. The molecule has 8 nitrogen and oxygen atoms in total. The quantitative estimate of drug-likeness (QED) is 0.353. The fourth-order valence-electron chi connectivity index (χ4n) is 1.81. The number of amides is 1. The third kappa shape index (κ3) is 4.82. The monoisotopic (exact) mass is 383 g/mol. The third-order valence-electron chi connectivity index (χ3n) is 3.00. The van der Waals surface area contributed by atoms with Crippen LogP contribution in [-0.2, 0) is 9.53 Å². The first kappa shape index (κ1) is 18.5. The summed E-state index contributed by atoms with van der Waals surface area (Å²) in [6.45, 7) is -0.586. The Bertz CT molecular complexity index is 857. The van der Waals surface area contributed by atoms with Crippen molar-refractivity contribution in [3.8, 4) is 0 Å². The molecule has 0 aliphatic rings. The number of benzene rings is 2. The van der Waals surface area contributed by atoms with E-state index in [0.717, 1.165) is 6.07 Å². The molecule has 0 fully saturated rings. The Balaban J connectivity index is 1.97. The zero-order valence-corrected chi connectivity index (χ0v) is 14.0. The molecule has 0 bridgehead atoms. The number of nitrogen functional groups attached to an aromatic ring is 1. The summed E-state index contributed by atoms with van der Waals surface area (Å²) in [6, 6.07) is 7.92. The minimum atomic E-state index is -0.896. The van der Waals surface area contributed by atoms with Gasteiger partial charge in [0, 0.05) is 11.8 Å². The van der Waals surface area contributed by atoms with Gasteiger partial charge in [0.15, 0.2) is 6.61 Å². The van der Waals surface area contributed by atoms with Crippen molar-refractivity contribution in [3.05, 3.63) is 62.1 Å². The van der Waals surface area contributed by atoms with Crippen molar-refractivity contribution in [3.63, 3.8) is 0 Å². The van der Waals surface area contributed by atoms with Gasteiger partial charge in [-0.15, -0.1) is 0 Å². The van der Waals surface area contributed by atoms with E-state index in [2.05, 4.69) is 5.32 Å². The van der Waals surface area contributed by atoms with Gasteiger partial charge in [-0.25, -0.2) is 4.79 Å². The normalized spacial score (nSPS) is 10.2. The molecule has 0 saturated carbocycles. The smallest absolute Gasteiger partial charge is 0.338 e. The summed E-state index contributed by atoms with van der Waals surface area (Å²) in [7, 11) is 0. The fraction of sp³-hybridized carbons (Fsp3) is 0.0667. The molecule has 0 aliphatic heterocycles. The molecule has 0 aromatic heterocycles. The molecular formula is C15H11Cl2N3O5. The lowest BCUT2D eigenvalue weighted by molar-refractivity contribution is -0.383. The van der Waals surface area contributed by atoms with Gasteiger partial charge in [0.1, 0.15) is 5.69 Å². The molecule has 0 aliphatic carbocycles. The Hall–Kier alpha value is -2.84. The zero-order valence-electron chi connectivity index (χ0n) is 12.5. The highest BCUT2D eigenvalue weighted by atomic mass is 35.5. The number of carbonyl (C=O) groups is 2. The summed E-state index contributed by atoms with van der Waals surface area (Å²) in [5, 5.41) is 13.9. The number of hydrogen-bond acceptors (Lipinski definition) is 6. The van der Waals surface area contributed by atoms with Crippen LogP contribution < -0.4 is 11.1 Å². The summed E-state index contributed by atoms with van der Waals surface area (Å²) in [5.74, 6) is -1.51. The molecule has 130 valence electrons. The Labute approximate surface area is 151 Å². The summed E-state index contributed by atoms with van der Waals surface area (Å²) in [6.07, 6.45) is 0. The number of nitrogens with one attached hydrogen (secondary N) is 1. The molecule has 0 atom stereocenters. The first-order valence-corrected chi connectivity index (χ1v) is 7.49. The van der Waals surface area contributed by atoms with E-state index in [9.17, 15) is 19.7 Å². The Morgan fingerprint density at radius 3 is 2.52 bits per heavy atom. The van der Waals surface area contributed by atoms with Crippen molar-refractivity contribution < 1.29 is 19.2 Å². The minimum Gasteiger partial charge on any atom is -0.452 e.